The molecule has 4 heteroatoms. The van der Waals surface area contributed by atoms with Crippen LogP contribution in [0.25, 0.3) is 0 Å². The largest absolute Gasteiger partial charge is 0.321 e. The van der Waals surface area contributed by atoms with E-state index in [1.54, 1.807) is 72.8 Å². The highest BCUT2D eigenvalue weighted by atomic mass is 35.5. The Morgan fingerprint density at radius 2 is 1.29 bits per heavy atom. The normalized spacial score (nSPS) is 10.2. The number of hydrogen-bond donors (Lipinski definition) is 1. The topological polar surface area (TPSA) is 46.2 Å². The van der Waals surface area contributed by atoms with Gasteiger partial charge in [0, 0.05) is 11.1 Å². The molecule has 0 bridgehead atoms. The van der Waals surface area contributed by atoms with Crippen LogP contribution in [0.4, 0.5) is 5.69 Å². The summed E-state index contributed by atoms with van der Waals surface area (Å²) in [4.78, 5) is 25.1. The fraction of sp³-hybridized carbons (Fsp3) is 0. The molecule has 1 amide bonds. The average molecular weight is 336 g/mol. The number of ketones is 1. The number of para-hydroxylation sites is 1. The van der Waals surface area contributed by atoms with Gasteiger partial charge in [0.15, 0.2) is 5.78 Å². The predicted molar refractivity (Wildman–Crippen MR) is 95.7 cm³/mol. The van der Waals surface area contributed by atoms with Crippen molar-refractivity contribution in [1.82, 2.24) is 0 Å². The summed E-state index contributed by atoms with van der Waals surface area (Å²) in [6, 6.07) is 22.7. The van der Waals surface area contributed by atoms with E-state index in [1.807, 2.05) is 6.07 Å². The second kappa shape index (κ2) is 7.11. The molecule has 118 valence electrons. The summed E-state index contributed by atoms with van der Waals surface area (Å²) < 4.78 is 0. The van der Waals surface area contributed by atoms with Crippen molar-refractivity contribution in [3.63, 3.8) is 0 Å². The minimum Gasteiger partial charge on any atom is -0.321 e. The number of carbonyl (C=O) groups excluding carboxylic acids is 2. The molecule has 0 spiro atoms. The van der Waals surface area contributed by atoms with Gasteiger partial charge in [-0.15, -0.1) is 0 Å². The Bertz CT molecular complexity index is 891. The van der Waals surface area contributed by atoms with Crippen LogP contribution in [-0.2, 0) is 0 Å². The quantitative estimate of drug-likeness (QED) is 0.694. The van der Waals surface area contributed by atoms with Crippen LogP contribution in [0.1, 0.15) is 26.3 Å². The predicted octanol–water partition coefficient (Wildman–Crippen LogP) is 4.82. The van der Waals surface area contributed by atoms with Crippen molar-refractivity contribution in [2.75, 3.05) is 5.32 Å². The fourth-order valence-corrected chi connectivity index (χ4v) is 2.59. The van der Waals surface area contributed by atoms with Gasteiger partial charge in [-0.2, -0.15) is 0 Å². The van der Waals surface area contributed by atoms with Gasteiger partial charge in [0.2, 0.25) is 0 Å². The second-order valence-electron chi connectivity index (χ2n) is 5.17. The van der Waals surface area contributed by atoms with Gasteiger partial charge < -0.3 is 5.32 Å². The molecule has 0 saturated carbocycles. The van der Waals surface area contributed by atoms with E-state index < -0.39 is 0 Å². The summed E-state index contributed by atoms with van der Waals surface area (Å²) in [5, 5.41) is 3.14. The lowest BCUT2D eigenvalue weighted by Gasteiger charge is -2.11. The van der Waals surface area contributed by atoms with Crippen LogP contribution in [0.2, 0.25) is 5.02 Å². The molecule has 3 rings (SSSR count). The molecule has 3 aromatic rings. The first-order valence-corrected chi connectivity index (χ1v) is 7.79. The first kappa shape index (κ1) is 16.0. The zero-order valence-electron chi connectivity index (χ0n) is 12.7. The van der Waals surface area contributed by atoms with Crippen LogP contribution in [0.5, 0.6) is 0 Å². The van der Waals surface area contributed by atoms with Crippen LogP contribution in [0, 0.1) is 0 Å². The van der Waals surface area contributed by atoms with E-state index in [4.69, 9.17) is 11.6 Å². The van der Waals surface area contributed by atoms with Crippen molar-refractivity contribution in [3.05, 3.63) is 101 Å². The summed E-state index contributed by atoms with van der Waals surface area (Å²) in [6.07, 6.45) is 0. The molecule has 0 aliphatic carbocycles. The minimum absolute atomic E-state index is 0.148. The lowest BCUT2D eigenvalue weighted by Crippen LogP contribution is -2.15. The van der Waals surface area contributed by atoms with Crippen LogP contribution < -0.4 is 5.32 Å². The first-order chi connectivity index (χ1) is 11.7. The minimum atomic E-state index is -0.353. The number of halogens is 1. The Morgan fingerprint density at radius 1 is 0.708 bits per heavy atom. The lowest BCUT2D eigenvalue weighted by atomic mass is 10.0. The van der Waals surface area contributed by atoms with Crippen molar-refractivity contribution < 1.29 is 9.59 Å². The number of anilines is 1. The Labute approximate surface area is 144 Å². The zero-order chi connectivity index (χ0) is 16.9. The molecule has 0 heterocycles. The SMILES string of the molecule is O=C(Nc1ccccc1C(=O)c1ccccc1)c1ccccc1Cl. The van der Waals surface area contributed by atoms with E-state index in [0.717, 1.165) is 0 Å². The van der Waals surface area contributed by atoms with Crippen LogP contribution in [0.15, 0.2) is 78.9 Å². The van der Waals surface area contributed by atoms with Gasteiger partial charge in [-0.1, -0.05) is 66.2 Å². The van der Waals surface area contributed by atoms with E-state index in [9.17, 15) is 9.59 Å². The number of benzene rings is 3. The first-order valence-electron chi connectivity index (χ1n) is 7.41. The van der Waals surface area contributed by atoms with Gasteiger partial charge in [0.05, 0.1) is 16.3 Å². The molecular formula is C20H14ClNO2. The monoisotopic (exact) mass is 335 g/mol. The van der Waals surface area contributed by atoms with Crippen molar-refractivity contribution in [2.45, 2.75) is 0 Å². The number of rotatable bonds is 4. The summed E-state index contributed by atoms with van der Waals surface area (Å²) in [6.45, 7) is 0. The highest BCUT2D eigenvalue weighted by molar-refractivity contribution is 6.34. The molecule has 0 aliphatic heterocycles. The van der Waals surface area contributed by atoms with Crippen molar-refractivity contribution in [2.24, 2.45) is 0 Å². The van der Waals surface area contributed by atoms with E-state index in [0.29, 0.717) is 27.4 Å². The molecule has 0 saturated heterocycles. The maximum Gasteiger partial charge on any atom is 0.257 e. The van der Waals surface area contributed by atoms with Crippen LogP contribution in [0.3, 0.4) is 0 Å². The number of hydrogen-bond acceptors (Lipinski definition) is 2. The van der Waals surface area contributed by atoms with Crippen molar-refractivity contribution in [1.29, 1.82) is 0 Å². The van der Waals surface area contributed by atoms with Crippen LogP contribution in [-0.4, -0.2) is 11.7 Å². The molecular weight excluding hydrogens is 322 g/mol. The van der Waals surface area contributed by atoms with Gasteiger partial charge >= 0.3 is 0 Å². The fourth-order valence-electron chi connectivity index (χ4n) is 2.37. The highest BCUT2D eigenvalue weighted by Crippen LogP contribution is 2.22. The van der Waals surface area contributed by atoms with E-state index in [-0.39, 0.29) is 11.7 Å². The lowest BCUT2D eigenvalue weighted by molar-refractivity contribution is 0.102. The van der Waals surface area contributed by atoms with Gasteiger partial charge in [-0.3, -0.25) is 9.59 Å². The molecule has 1 N–H and O–H groups in total. The van der Waals surface area contributed by atoms with Gasteiger partial charge in [0.1, 0.15) is 0 Å². The van der Waals surface area contributed by atoms with E-state index in [1.165, 1.54) is 0 Å². The molecule has 0 radical (unpaired) electrons. The number of carbonyl (C=O) groups is 2. The maximum atomic E-state index is 12.7. The number of amides is 1. The molecule has 3 aromatic carbocycles. The van der Waals surface area contributed by atoms with Crippen molar-refractivity contribution >= 4 is 29.0 Å². The molecule has 0 atom stereocenters. The molecule has 3 nitrogen and oxygen atoms in total. The Balaban J connectivity index is 1.92. The molecule has 0 aliphatic rings. The van der Waals surface area contributed by atoms with Gasteiger partial charge in [-0.05, 0) is 24.3 Å². The third-order valence-corrected chi connectivity index (χ3v) is 3.90. The van der Waals surface area contributed by atoms with Gasteiger partial charge in [0.25, 0.3) is 5.91 Å². The number of nitrogens with one attached hydrogen (secondary N) is 1. The summed E-state index contributed by atoms with van der Waals surface area (Å²) in [5.41, 5.74) is 1.82. The molecule has 0 aromatic heterocycles. The molecule has 24 heavy (non-hydrogen) atoms. The smallest absolute Gasteiger partial charge is 0.257 e. The Kier molecular flexibility index (Phi) is 4.73. The third kappa shape index (κ3) is 3.36. The maximum absolute atomic E-state index is 12.7. The molecule has 0 fully saturated rings. The summed E-state index contributed by atoms with van der Waals surface area (Å²) >= 11 is 6.06. The second-order valence-corrected chi connectivity index (χ2v) is 5.58. The van der Waals surface area contributed by atoms with E-state index in [2.05, 4.69) is 5.32 Å². The molecule has 0 unspecified atom stereocenters. The standard InChI is InChI=1S/C20H14ClNO2/c21-17-12-6-4-10-15(17)20(24)22-18-13-7-5-11-16(18)19(23)14-8-2-1-3-9-14/h1-13H,(H,22,24). The summed E-state index contributed by atoms with van der Waals surface area (Å²) in [7, 11) is 0. The van der Waals surface area contributed by atoms with Crippen LogP contribution >= 0.6 is 11.6 Å². The van der Waals surface area contributed by atoms with E-state index >= 15 is 0 Å². The summed E-state index contributed by atoms with van der Waals surface area (Å²) in [5.74, 6) is -0.500. The highest BCUT2D eigenvalue weighted by Gasteiger charge is 2.16. The average Bonchev–Trinajstić information content (AvgIpc) is 2.62. The zero-order valence-corrected chi connectivity index (χ0v) is 13.5. The Hall–Kier alpha value is -2.91. The van der Waals surface area contributed by atoms with Gasteiger partial charge in [-0.25, -0.2) is 0 Å². The third-order valence-electron chi connectivity index (χ3n) is 3.57. The van der Waals surface area contributed by atoms with Crippen molar-refractivity contribution in [3.8, 4) is 0 Å². The Morgan fingerprint density at radius 3 is 2.00 bits per heavy atom.